The molecule has 12 heteroatoms. The Kier molecular flexibility index (Phi) is 4.00. The average Bonchev–Trinajstić information content (AvgIpc) is 3.38. The summed E-state index contributed by atoms with van der Waals surface area (Å²) >= 11 is 0. The van der Waals surface area contributed by atoms with Crippen molar-refractivity contribution in [3.63, 3.8) is 0 Å². The Morgan fingerprint density at radius 1 is 1.03 bits per heavy atom. The van der Waals surface area contributed by atoms with E-state index in [2.05, 4.69) is 0 Å². The Labute approximate surface area is 200 Å². The Morgan fingerprint density at radius 2 is 1.66 bits per heavy atom. The van der Waals surface area contributed by atoms with Crippen LogP contribution in [-0.4, -0.2) is 83.3 Å². The van der Waals surface area contributed by atoms with Gasteiger partial charge in [-0.3, -0.25) is 9.59 Å². The van der Waals surface area contributed by atoms with Gasteiger partial charge >= 0.3 is 24.1 Å². The minimum Gasteiger partial charge on any atom is -0.456 e. The molecule has 0 radical (unpaired) electrons. The summed E-state index contributed by atoms with van der Waals surface area (Å²) < 4.78 is 33.7. The summed E-state index contributed by atoms with van der Waals surface area (Å²) in [6, 6.07) is 0. The maximum Gasteiger partial charge on any atom is 0.508 e. The number of ether oxygens (including phenoxy) is 6. The van der Waals surface area contributed by atoms with Gasteiger partial charge in [-0.15, -0.1) is 0 Å². The highest BCUT2D eigenvalue weighted by Crippen LogP contribution is 2.85. The zero-order valence-corrected chi connectivity index (χ0v) is 20.1. The molecule has 12 atom stereocenters. The maximum atomic E-state index is 13.9. The summed E-state index contributed by atoms with van der Waals surface area (Å²) in [6.07, 6.45) is -8.44. The van der Waals surface area contributed by atoms with Gasteiger partial charge in [-0.05, 0) is 12.3 Å². The monoisotopic (exact) mass is 496 g/mol. The van der Waals surface area contributed by atoms with Crippen LogP contribution in [0.15, 0.2) is 0 Å². The molecule has 4 aliphatic heterocycles. The predicted octanol–water partition coefficient (Wildman–Crippen LogP) is -0.333. The predicted molar refractivity (Wildman–Crippen MR) is 108 cm³/mol. The molecule has 6 rings (SSSR count). The summed E-state index contributed by atoms with van der Waals surface area (Å²) in [5.74, 6) is -5.54. The number of methoxy groups -OCH3 is 1. The molecule has 4 saturated heterocycles. The first-order valence-electron chi connectivity index (χ1n) is 11.7. The third-order valence-corrected chi connectivity index (χ3v) is 9.72. The summed E-state index contributed by atoms with van der Waals surface area (Å²) in [7, 11) is 1.10. The molecule has 0 aromatic heterocycles. The van der Waals surface area contributed by atoms with Crippen LogP contribution in [0.25, 0.3) is 0 Å². The van der Waals surface area contributed by atoms with Crippen LogP contribution >= 0.6 is 0 Å². The second kappa shape index (κ2) is 6.09. The van der Waals surface area contributed by atoms with Crippen molar-refractivity contribution in [2.45, 2.75) is 76.5 Å². The summed E-state index contributed by atoms with van der Waals surface area (Å²) in [5, 5.41) is 24.2. The van der Waals surface area contributed by atoms with Crippen LogP contribution in [0.2, 0.25) is 0 Å². The zero-order chi connectivity index (χ0) is 25.7. The van der Waals surface area contributed by atoms with Crippen LogP contribution < -0.4 is 0 Å². The maximum absolute atomic E-state index is 13.9. The Bertz CT molecular complexity index is 1080. The molecule has 2 aliphatic carbocycles. The topological polar surface area (TPSA) is 164 Å². The molecule has 0 aromatic rings. The van der Waals surface area contributed by atoms with Gasteiger partial charge in [0, 0.05) is 5.92 Å². The highest BCUT2D eigenvalue weighted by Gasteiger charge is 3.04. The number of carbonyl (C=O) groups is 4. The van der Waals surface area contributed by atoms with Crippen molar-refractivity contribution >= 4 is 24.1 Å². The number of carbonyl (C=O) groups excluding carboxylic acids is 4. The summed E-state index contributed by atoms with van der Waals surface area (Å²) in [5.41, 5.74) is -9.01. The highest BCUT2D eigenvalue weighted by molar-refractivity contribution is 5.93. The quantitative estimate of drug-likeness (QED) is 0.359. The Hall–Kier alpha value is -2.44. The van der Waals surface area contributed by atoms with Crippen LogP contribution in [0, 0.1) is 34.0 Å². The molecule has 6 fully saturated rings. The third-order valence-electron chi connectivity index (χ3n) is 9.72. The molecular weight excluding hydrogens is 468 g/mol. The SMILES string of the molecule is COC(=O)OC1[C@@H]2OC(=O)[C@]34OC5OC(=O)[C@H](C)C5([C@@H]2C(C)(C)C)C13[C@@H](O)[C@@H]1OC(=O)[C@@H](C)[C@@]14O. The van der Waals surface area contributed by atoms with Crippen molar-refractivity contribution in [1.29, 1.82) is 0 Å². The number of rotatable bonds is 1. The van der Waals surface area contributed by atoms with Gasteiger partial charge in [-0.1, -0.05) is 27.7 Å². The Morgan fingerprint density at radius 3 is 2.26 bits per heavy atom. The molecular formula is C23H28O12. The fourth-order valence-electron chi connectivity index (χ4n) is 8.86. The fraction of sp³-hybridized carbons (Fsp3) is 0.826. The number of aliphatic hydroxyl groups excluding tert-OH is 1. The van der Waals surface area contributed by atoms with Gasteiger partial charge in [-0.2, -0.15) is 0 Å². The molecule has 0 aromatic carbocycles. The van der Waals surface area contributed by atoms with Gasteiger partial charge in [0.05, 0.1) is 29.8 Å². The van der Waals surface area contributed by atoms with E-state index in [1.54, 1.807) is 6.92 Å². The van der Waals surface area contributed by atoms with Crippen molar-refractivity contribution in [1.82, 2.24) is 0 Å². The van der Waals surface area contributed by atoms with Crippen molar-refractivity contribution in [2.75, 3.05) is 7.11 Å². The Balaban J connectivity index is 1.75. The molecule has 0 amide bonds. The lowest BCUT2D eigenvalue weighted by Gasteiger charge is -2.51. The zero-order valence-electron chi connectivity index (χ0n) is 20.1. The molecule has 12 nitrogen and oxygen atoms in total. The van der Waals surface area contributed by atoms with Gasteiger partial charge in [0.15, 0.2) is 17.8 Å². The van der Waals surface area contributed by atoms with E-state index in [-0.39, 0.29) is 0 Å². The van der Waals surface area contributed by atoms with Crippen molar-refractivity contribution in [2.24, 2.45) is 34.0 Å². The van der Waals surface area contributed by atoms with Gasteiger partial charge in [-0.25, -0.2) is 9.59 Å². The first-order valence-corrected chi connectivity index (χ1v) is 11.7. The molecule has 4 heterocycles. The van der Waals surface area contributed by atoms with Crippen LogP contribution in [-0.2, 0) is 42.8 Å². The normalized spacial score (nSPS) is 55.0. The first-order chi connectivity index (χ1) is 16.2. The molecule has 35 heavy (non-hydrogen) atoms. The summed E-state index contributed by atoms with van der Waals surface area (Å²) in [4.78, 5) is 52.1. The lowest BCUT2D eigenvalue weighted by Crippen LogP contribution is -2.74. The van der Waals surface area contributed by atoms with Crippen LogP contribution in [0.1, 0.15) is 34.6 Å². The molecule has 2 N–H and O–H groups in total. The largest absolute Gasteiger partial charge is 0.508 e. The molecule has 2 bridgehead atoms. The first kappa shape index (κ1) is 23.0. The summed E-state index contributed by atoms with van der Waals surface area (Å²) in [6.45, 7) is 8.53. The minimum absolute atomic E-state index is 0.634. The average molecular weight is 496 g/mol. The molecule has 6 aliphatic rings. The van der Waals surface area contributed by atoms with Crippen molar-refractivity contribution in [3.05, 3.63) is 0 Å². The van der Waals surface area contributed by atoms with E-state index in [9.17, 15) is 29.4 Å². The van der Waals surface area contributed by atoms with Crippen LogP contribution in [0.4, 0.5) is 4.79 Å². The second-order valence-corrected chi connectivity index (χ2v) is 11.6. The molecule has 2 saturated carbocycles. The number of hydrogen-bond acceptors (Lipinski definition) is 12. The number of fused-ring (bicyclic) bond motifs is 2. The molecule has 2 spiro atoms. The van der Waals surface area contributed by atoms with Crippen molar-refractivity contribution in [3.8, 4) is 0 Å². The van der Waals surface area contributed by atoms with Gasteiger partial charge < -0.3 is 38.6 Å². The number of hydrogen-bond donors (Lipinski definition) is 2. The van der Waals surface area contributed by atoms with E-state index >= 15 is 0 Å². The minimum atomic E-state index is -2.44. The van der Waals surface area contributed by atoms with E-state index < -0.39 is 100.0 Å². The van der Waals surface area contributed by atoms with E-state index in [0.717, 1.165) is 7.11 Å². The van der Waals surface area contributed by atoms with Gasteiger partial charge in [0.2, 0.25) is 11.9 Å². The molecule has 192 valence electrons. The lowest BCUT2D eigenvalue weighted by atomic mass is 9.48. The number of aliphatic hydroxyl groups is 2. The van der Waals surface area contributed by atoms with E-state index in [4.69, 9.17) is 28.4 Å². The van der Waals surface area contributed by atoms with Crippen LogP contribution in [0.3, 0.4) is 0 Å². The van der Waals surface area contributed by atoms with Gasteiger partial charge in [0.1, 0.15) is 12.2 Å². The highest BCUT2D eigenvalue weighted by atomic mass is 16.8. The van der Waals surface area contributed by atoms with E-state index in [1.807, 2.05) is 20.8 Å². The number of esters is 3. The van der Waals surface area contributed by atoms with E-state index in [1.165, 1.54) is 6.92 Å². The van der Waals surface area contributed by atoms with Crippen LogP contribution in [0.5, 0.6) is 0 Å². The fourth-order valence-corrected chi connectivity index (χ4v) is 8.86. The smallest absolute Gasteiger partial charge is 0.456 e. The standard InChI is InChI=1S/C23H28O12/c1-7-14(25)34-17-20(7)10(19(3,4)5)9-12(33-18(28)30-6)21(20)11(24)13-22(29,8(2)15(26)32-13)23(21,35-17)16(27)31-9/h7-13,17,24,29H,1-6H3/t7-,8+,9+,10-,11-,12?,13-,17?,20?,21?,22+,23-/m0/s1. The second-order valence-electron chi connectivity index (χ2n) is 11.6. The van der Waals surface area contributed by atoms with Crippen molar-refractivity contribution < 1.29 is 57.8 Å². The van der Waals surface area contributed by atoms with E-state index in [0.29, 0.717) is 0 Å². The third kappa shape index (κ3) is 1.87. The lowest BCUT2D eigenvalue weighted by molar-refractivity contribution is -0.282. The molecule has 4 unspecified atom stereocenters. The van der Waals surface area contributed by atoms with Gasteiger partial charge in [0.25, 0.3) is 0 Å².